The van der Waals surface area contributed by atoms with Crippen molar-refractivity contribution < 1.29 is 9.47 Å². The van der Waals surface area contributed by atoms with Crippen molar-refractivity contribution >= 4 is 40.1 Å². The number of rotatable bonds is 4. The van der Waals surface area contributed by atoms with E-state index in [9.17, 15) is 0 Å². The highest BCUT2D eigenvalue weighted by Gasteiger charge is 2.33. The highest BCUT2D eigenvalue weighted by molar-refractivity contribution is 7.80. The van der Waals surface area contributed by atoms with Crippen LogP contribution in [0.5, 0.6) is 5.75 Å². The summed E-state index contributed by atoms with van der Waals surface area (Å²) in [7, 11) is 1.62. The Morgan fingerprint density at radius 1 is 1.44 bits per heavy atom. The normalized spacial score (nSPS) is 16.5. The largest absolute Gasteiger partial charge is 0.496 e. The van der Waals surface area contributed by atoms with Crippen molar-refractivity contribution in [2.24, 2.45) is 10.9 Å². The molecular formula is C20H25ClN2O2S2. The summed E-state index contributed by atoms with van der Waals surface area (Å²) in [4.78, 5) is 7.43. The van der Waals surface area contributed by atoms with Crippen LogP contribution in [-0.2, 0) is 23.3 Å². The summed E-state index contributed by atoms with van der Waals surface area (Å²) in [6.07, 6.45) is 0.894. The van der Waals surface area contributed by atoms with Crippen LogP contribution >= 0.6 is 35.2 Å². The van der Waals surface area contributed by atoms with Gasteiger partial charge in [0.2, 0.25) is 0 Å². The molecule has 0 amide bonds. The predicted octanol–water partition coefficient (Wildman–Crippen LogP) is 4.95. The molecule has 1 aliphatic rings. The fourth-order valence-electron chi connectivity index (χ4n) is 3.26. The second kappa shape index (κ2) is 8.03. The van der Waals surface area contributed by atoms with Crippen LogP contribution in [0.3, 0.4) is 0 Å². The van der Waals surface area contributed by atoms with E-state index in [4.69, 9.17) is 38.3 Å². The van der Waals surface area contributed by atoms with Gasteiger partial charge < -0.3 is 14.0 Å². The Labute approximate surface area is 174 Å². The van der Waals surface area contributed by atoms with Gasteiger partial charge >= 0.3 is 0 Å². The van der Waals surface area contributed by atoms with Crippen LogP contribution in [0.2, 0.25) is 5.02 Å². The quantitative estimate of drug-likeness (QED) is 0.651. The molecule has 7 heteroatoms. The van der Waals surface area contributed by atoms with Gasteiger partial charge in [-0.3, -0.25) is 0 Å². The lowest BCUT2D eigenvalue weighted by Crippen LogP contribution is -2.30. The Balaban J connectivity index is 2.15. The van der Waals surface area contributed by atoms with Crippen LogP contribution in [0.15, 0.2) is 23.2 Å². The van der Waals surface area contributed by atoms with E-state index in [-0.39, 0.29) is 5.60 Å². The standard InChI is InChI=1S/C20H25ClN2O2S2/c1-12(2)11-23-15-8-9-25-20(3,4)17(15)27-19(23)22-18(26)14-10-13(21)6-7-16(14)24-5/h6-7,10,12H,8-9,11H2,1-5H3. The van der Waals surface area contributed by atoms with Crippen LogP contribution in [0.4, 0.5) is 0 Å². The number of thiocarbonyl (C=S) groups is 1. The van der Waals surface area contributed by atoms with Crippen LogP contribution < -0.4 is 9.54 Å². The molecule has 27 heavy (non-hydrogen) atoms. The SMILES string of the molecule is COc1ccc(Cl)cc1C(=S)N=c1sc2c(n1CC(C)C)CCOC2(C)C. The number of nitrogens with zero attached hydrogens (tertiary/aromatic N) is 2. The first-order valence-electron chi connectivity index (χ1n) is 9.02. The second-order valence-electron chi connectivity index (χ2n) is 7.54. The summed E-state index contributed by atoms with van der Waals surface area (Å²) in [5.74, 6) is 1.18. The molecule has 2 aromatic rings. The van der Waals surface area contributed by atoms with Crippen molar-refractivity contribution in [2.45, 2.75) is 46.3 Å². The first-order valence-corrected chi connectivity index (χ1v) is 10.6. The maximum absolute atomic E-state index is 6.16. The smallest absolute Gasteiger partial charge is 0.191 e. The van der Waals surface area contributed by atoms with Crippen molar-refractivity contribution in [1.82, 2.24) is 4.57 Å². The van der Waals surface area contributed by atoms with E-state index in [0.717, 1.165) is 29.9 Å². The molecule has 0 spiro atoms. The average Bonchev–Trinajstić information content (AvgIpc) is 2.93. The maximum atomic E-state index is 6.16. The number of methoxy groups -OCH3 is 1. The van der Waals surface area contributed by atoms with E-state index in [1.165, 1.54) is 10.6 Å². The molecule has 146 valence electrons. The van der Waals surface area contributed by atoms with E-state index >= 15 is 0 Å². The van der Waals surface area contributed by atoms with Gasteiger partial charge in [-0.25, -0.2) is 4.99 Å². The molecule has 1 aromatic heterocycles. The van der Waals surface area contributed by atoms with Gasteiger partial charge in [0.25, 0.3) is 0 Å². The summed E-state index contributed by atoms with van der Waals surface area (Å²) < 4.78 is 13.7. The summed E-state index contributed by atoms with van der Waals surface area (Å²) >= 11 is 13.5. The Kier molecular flexibility index (Phi) is 6.11. The molecule has 0 saturated carbocycles. The Morgan fingerprint density at radius 2 is 2.19 bits per heavy atom. The fraction of sp³-hybridized carbons (Fsp3) is 0.500. The van der Waals surface area contributed by atoms with E-state index in [0.29, 0.717) is 21.7 Å². The van der Waals surface area contributed by atoms with Crippen LogP contribution in [0.25, 0.3) is 0 Å². The van der Waals surface area contributed by atoms with E-state index < -0.39 is 0 Å². The molecular weight excluding hydrogens is 400 g/mol. The first kappa shape index (κ1) is 20.5. The van der Waals surface area contributed by atoms with E-state index in [2.05, 4.69) is 32.3 Å². The van der Waals surface area contributed by atoms with Crippen LogP contribution in [-0.4, -0.2) is 23.3 Å². The van der Waals surface area contributed by atoms with Crippen molar-refractivity contribution in [3.63, 3.8) is 0 Å². The van der Waals surface area contributed by atoms with Crippen molar-refractivity contribution in [2.75, 3.05) is 13.7 Å². The third-order valence-electron chi connectivity index (χ3n) is 4.50. The zero-order valence-corrected chi connectivity index (χ0v) is 18.7. The minimum Gasteiger partial charge on any atom is -0.496 e. The molecule has 0 aliphatic carbocycles. The fourth-order valence-corrected chi connectivity index (χ4v) is 4.99. The molecule has 0 unspecified atom stereocenters. The number of fused-ring (bicyclic) bond motifs is 1. The van der Waals surface area contributed by atoms with Gasteiger partial charge in [0.15, 0.2) is 4.80 Å². The lowest BCUT2D eigenvalue weighted by molar-refractivity contribution is -0.0299. The van der Waals surface area contributed by atoms with Crippen molar-refractivity contribution in [1.29, 1.82) is 0 Å². The lowest BCUT2D eigenvalue weighted by Gasteiger charge is -2.30. The monoisotopic (exact) mass is 424 g/mol. The third-order valence-corrected chi connectivity index (χ3v) is 6.47. The average molecular weight is 425 g/mol. The number of thiazole rings is 1. The Hall–Kier alpha value is -1.21. The molecule has 2 heterocycles. The van der Waals surface area contributed by atoms with E-state index in [1.807, 2.05) is 6.07 Å². The van der Waals surface area contributed by atoms with Gasteiger partial charge in [0.1, 0.15) is 10.7 Å². The zero-order chi connectivity index (χ0) is 19.8. The molecule has 3 rings (SSSR count). The molecule has 0 fully saturated rings. The minimum absolute atomic E-state index is 0.305. The number of hydrogen-bond acceptors (Lipinski definition) is 4. The highest BCUT2D eigenvalue weighted by Crippen LogP contribution is 2.35. The maximum Gasteiger partial charge on any atom is 0.191 e. The first-order chi connectivity index (χ1) is 12.7. The molecule has 0 atom stereocenters. The van der Waals surface area contributed by atoms with Gasteiger partial charge in [-0.15, -0.1) is 0 Å². The molecule has 1 aromatic carbocycles. The Bertz CT molecular complexity index is 929. The molecule has 4 nitrogen and oxygen atoms in total. The van der Waals surface area contributed by atoms with Crippen LogP contribution in [0, 0.1) is 5.92 Å². The number of hydrogen-bond donors (Lipinski definition) is 0. The summed E-state index contributed by atoms with van der Waals surface area (Å²) in [6, 6.07) is 5.41. The summed E-state index contributed by atoms with van der Waals surface area (Å²) in [5, 5.41) is 0.610. The number of benzene rings is 1. The van der Waals surface area contributed by atoms with Gasteiger partial charge in [-0.1, -0.05) is 49.0 Å². The number of ether oxygens (including phenoxy) is 2. The highest BCUT2D eigenvalue weighted by atomic mass is 35.5. The summed E-state index contributed by atoms with van der Waals surface area (Å²) in [5.41, 5.74) is 1.74. The van der Waals surface area contributed by atoms with Gasteiger partial charge in [-0.2, -0.15) is 0 Å². The van der Waals surface area contributed by atoms with Gasteiger partial charge in [0, 0.05) is 23.7 Å². The zero-order valence-electron chi connectivity index (χ0n) is 16.3. The predicted molar refractivity (Wildman–Crippen MR) is 115 cm³/mol. The van der Waals surface area contributed by atoms with Crippen molar-refractivity contribution in [3.05, 3.63) is 44.2 Å². The van der Waals surface area contributed by atoms with Gasteiger partial charge in [0.05, 0.1) is 29.8 Å². The number of aromatic nitrogens is 1. The molecule has 0 saturated heterocycles. The number of halogens is 1. The third kappa shape index (κ3) is 4.29. The topological polar surface area (TPSA) is 35.8 Å². The van der Waals surface area contributed by atoms with E-state index in [1.54, 1.807) is 30.6 Å². The van der Waals surface area contributed by atoms with Crippen molar-refractivity contribution in [3.8, 4) is 5.75 Å². The molecule has 0 bridgehead atoms. The molecule has 0 radical (unpaired) electrons. The lowest BCUT2D eigenvalue weighted by atomic mass is 10.0. The molecule has 0 N–H and O–H groups in total. The van der Waals surface area contributed by atoms with Crippen LogP contribution in [0.1, 0.15) is 43.8 Å². The molecule has 1 aliphatic heterocycles. The summed E-state index contributed by atoms with van der Waals surface area (Å²) in [6.45, 7) is 10.3. The second-order valence-corrected chi connectivity index (χ2v) is 9.34. The minimum atomic E-state index is -0.305. The Morgan fingerprint density at radius 3 is 2.85 bits per heavy atom. The van der Waals surface area contributed by atoms with Gasteiger partial charge in [-0.05, 0) is 38.0 Å².